The van der Waals surface area contributed by atoms with Gasteiger partial charge in [0.1, 0.15) is 11.9 Å². The minimum absolute atomic E-state index is 0.198. The van der Waals surface area contributed by atoms with Gasteiger partial charge in [-0.25, -0.2) is 4.79 Å². The molecule has 0 fully saturated rings. The van der Waals surface area contributed by atoms with Crippen LogP contribution in [-0.4, -0.2) is 12.6 Å². The summed E-state index contributed by atoms with van der Waals surface area (Å²) in [6.07, 6.45) is 1.92. The van der Waals surface area contributed by atoms with E-state index in [0.29, 0.717) is 18.8 Å². The Morgan fingerprint density at radius 1 is 1.21 bits per heavy atom. The minimum atomic E-state index is -0.325. The second-order valence-electron chi connectivity index (χ2n) is 5.17. The second-order valence-corrected chi connectivity index (χ2v) is 5.17. The van der Waals surface area contributed by atoms with Crippen molar-refractivity contribution < 1.29 is 14.3 Å². The molecule has 0 spiro atoms. The molecule has 1 aromatic carbocycles. The van der Waals surface area contributed by atoms with Gasteiger partial charge in [0.05, 0.1) is 12.7 Å². The monoisotopic (exact) mass is 260 g/mol. The van der Waals surface area contributed by atoms with Gasteiger partial charge in [0.15, 0.2) is 0 Å². The van der Waals surface area contributed by atoms with Gasteiger partial charge in [-0.15, -0.1) is 0 Å². The second kappa shape index (κ2) is 5.91. The van der Waals surface area contributed by atoms with E-state index in [2.05, 4.69) is 0 Å². The first-order chi connectivity index (χ1) is 9.06. The highest BCUT2D eigenvalue weighted by Gasteiger charge is 2.20. The zero-order valence-electron chi connectivity index (χ0n) is 11.7. The molecule has 0 aliphatic carbocycles. The number of hydrogen-bond acceptors (Lipinski definition) is 3. The van der Waals surface area contributed by atoms with E-state index in [-0.39, 0.29) is 18.0 Å². The molecule has 1 unspecified atom stereocenters. The SMILES string of the molecule is Cc1ccc(C2CCO/C(C(C)C)=C\C(=O)O2)cc1. The molecule has 0 saturated heterocycles. The van der Waals surface area contributed by atoms with Crippen LogP contribution in [0.2, 0.25) is 0 Å². The van der Waals surface area contributed by atoms with Crippen LogP contribution in [0.4, 0.5) is 0 Å². The maximum atomic E-state index is 11.8. The molecule has 0 N–H and O–H groups in total. The van der Waals surface area contributed by atoms with Gasteiger partial charge in [-0.1, -0.05) is 43.7 Å². The number of allylic oxidation sites excluding steroid dienone is 1. The number of cyclic esters (lactones) is 1. The maximum absolute atomic E-state index is 11.8. The zero-order valence-corrected chi connectivity index (χ0v) is 11.7. The smallest absolute Gasteiger partial charge is 0.334 e. The lowest BCUT2D eigenvalue weighted by atomic mass is 10.0. The third-order valence-electron chi connectivity index (χ3n) is 3.19. The van der Waals surface area contributed by atoms with Crippen molar-refractivity contribution in [3.8, 4) is 0 Å². The Labute approximate surface area is 114 Å². The fourth-order valence-electron chi connectivity index (χ4n) is 2.02. The average molecular weight is 260 g/mol. The van der Waals surface area contributed by atoms with Crippen molar-refractivity contribution in [1.29, 1.82) is 0 Å². The first-order valence-electron chi connectivity index (χ1n) is 6.68. The molecule has 0 amide bonds. The molecule has 2 rings (SSSR count). The van der Waals surface area contributed by atoms with Crippen LogP contribution in [0.3, 0.4) is 0 Å². The predicted molar refractivity (Wildman–Crippen MR) is 73.5 cm³/mol. The average Bonchev–Trinajstić information content (AvgIpc) is 2.34. The summed E-state index contributed by atoms with van der Waals surface area (Å²) in [4.78, 5) is 11.8. The van der Waals surface area contributed by atoms with Crippen molar-refractivity contribution in [1.82, 2.24) is 0 Å². The fourth-order valence-corrected chi connectivity index (χ4v) is 2.02. The summed E-state index contributed by atoms with van der Waals surface area (Å²) in [6, 6.07) is 8.06. The van der Waals surface area contributed by atoms with E-state index in [9.17, 15) is 4.79 Å². The van der Waals surface area contributed by atoms with E-state index in [1.807, 2.05) is 45.0 Å². The molecule has 1 aliphatic rings. The maximum Gasteiger partial charge on any atom is 0.334 e. The van der Waals surface area contributed by atoms with Gasteiger partial charge in [-0.3, -0.25) is 0 Å². The quantitative estimate of drug-likeness (QED) is 0.763. The predicted octanol–water partition coefficient (Wildman–Crippen LogP) is 3.54. The van der Waals surface area contributed by atoms with Crippen LogP contribution in [0, 0.1) is 12.8 Å². The number of aryl methyl sites for hydroxylation is 1. The van der Waals surface area contributed by atoms with Crippen LogP contribution in [0.25, 0.3) is 0 Å². The molecule has 0 saturated carbocycles. The van der Waals surface area contributed by atoms with Crippen LogP contribution >= 0.6 is 0 Å². The molecular weight excluding hydrogens is 240 g/mol. The Bertz CT molecular complexity index is 471. The van der Waals surface area contributed by atoms with Crippen molar-refractivity contribution in [2.24, 2.45) is 5.92 Å². The molecule has 102 valence electrons. The summed E-state index contributed by atoms with van der Waals surface area (Å²) in [5.41, 5.74) is 2.21. The molecule has 0 radical (unpaired) electrons. The third-order valence-corrected chi connectivity index (χ3v) is 3.19. The first kappa shape index (κ1) is 13.7. The van der Waals surface area contributed by atoms with Crippen LogP contribution in [-0.2, 0) is 14.3 Å². The summed E-state index contributed by atoms with van der Waals surface area (Å²) >= 11 is 0. The van der Waals surface area contributed by atoms with Crippen LogP contribution in [0.5, 0.6) is 0 Å². The van der Waals surface area contributed by atoms with Crippen molar-refractivity contribution in [3.05, 3.63) is 47.2 Å². The van der Waals surface area contributed by atoms with Gasteiger partial charge in [0.25, 0.3) is 0 Å². The Morgan fingerprint density at radius 2 is 1.89 bits per heavy atom. The number of carbonyl (C=O) groups excluding carboxylic acids is 1. The Morgan fingerprint density at radius 3 is 2.53 bits per heavy atom. The molecule has 1 atom stereocenters. The number of carbonyl (C=O) groups is 1. The first-order valence-corrected chi connectivity index (χ1v) is 6.68. The van der Waals surface area contributed by atoms with Crippen LogP contribution < -0.4 is 0 Å². The zero-order chi connectivity index (χ0) is 13.8. The molecule has 3 nitrogen and oxygen atoms in total. The van der Waals surface area contributed by atoms with Gasteiger partial charge in [-0.05, 0) is 12.5 Å². The summed E-state index contributed by atoms with van der Waals surface area (Å²) in [6.45, 7) is 6.60. The molecule has 1 aromatic rings. The summed E-state index contributed by atoms with van der Waals surface area (Å²) in [5, 5.41) is 0. The van der Waals surface area contributed by atoms with Crippen LogP contribution in [0.15, 0.2) is 36.1 Å². The highest BCUT2D eigenvalue weighted by Crippen LogP contribution is 2.25. The number of ether oxygens (including phenoxy) is 2. The molecule has 1 aliphatic heterocycles. The topological polar surface area (TPSA) is 35.5 Å². The fraction of sp³-hybridized carbons (Fsp3) is 0.438. The van der Waals surface area contributed by atoms with E-state index >= 15 is 0 Å². The molecule has 19 heavy (non-hydrogen) atoms. The number of esters is 1. The Balaban J connectivity index is 2.14. The van der Waals surface area contributed by atoms with E-state index in [1.165, 1.54) is 11.6 Å². The summed E-state index contributed by atoms with van der Waals surface area (Å²) in [5.74, 6) is 0.574. The standard InChI is InChI=1S/C16H20O3/c1-11(2)15-10-16(17)19-14(8-9-18-15)13-6-4-12(3)5-7-13/h4-7,10-11,14H,8-9H2,1-3H3/b15-10-. The minimum Gasteiger partial charge on any atom is -0.497 e. The van der Waals surface area contributed by atoms with Crippen molar-refractivity contribution in [2.45, 2.75) is 33.3 Å². The lowest BCUT2D eigenvalue weighted by Gasteiger charge is -2.22. The summed E-state index contributed by atoms with van der Waals surface area (Å²) in [7, 11) is 0. The van der Waals surface area contributed by atoms with E-state index in [0.717, 1.165) is 5.56 Å². The molecule has 0 aromatic heterocycles. The number of rotatable bonds is 2. The van der Waals surface area contributed by atoms with Gasteiger partial charge >= 0.3 is 5.97 Å². The number of hydrogen-bond donors (Lipinski definition) is 0. The largest absolute Gasteiger partial charge is 0.497 e. The van der Waals surface area contributed by atoms with Gasteiger partial charge in [0.2, 0.25) is 0 Å². The molecule has 3 heteroatoms. The van der Waals surface area contributed by atoms with Gasteiger partial charge in [0, 0.05) is 12.3 Å². The van der Waals surface area contributed by atoms with Crippen molar-refractivity contribution >= 4 is 5.97 Å². The van der Waals surface area contributed by atoms with E-state index < -0.39 is 0 Å². The number of benzene rings is 1. The van der Waals surface area contributed by atoms with Gasteiger partial charge < -0.3 is 9.47 Å². The molecule has 0 bridgehead atoms. The van der Waals surface area contributed by atoms with Gasteiger partial charge in [-0.2, -0.15) is 0 Å². The lowest BCUT2D eigenvalue weighted by Crippen LogP contribution is -2.17. The van der Waals surface area contributed by atoms with E-state index in [4.69, 9.17) is 9.47 Å². The van der Waals surface area contributed by atoms with Crippen molar-refractivity contribution in [3.63, 3.8) is 0 Å². The van der Waals surface area contributed by atoms with Crippen molar-refractivity contribution in [2.75, 3.05) is 6.61 Å². The highest BCUT2D eigenvalue weighted by atomic mass is 16.5. The van der Waals surface area contributed by atoms with Crippen LogP contribution in [0.1, 0.15) is 37.5 Å². The normalized spacial score (nSPS) is 22.8. The third kappa shape index (κ3) is 3.60. The highest BCUT2D eigenvalue weighted by molar-refractivity contribution is 5.82. The summed E-state index contributed by atoms with van der Waals surface area (Å²) < 4.78 is 11.2. The Kier molecular flexibility index (Phi) is 4.25. The molecular formula is C16H20O3. The molecule has 1 heterocycles. The Hall–Kier alpha value is -1.77. The lowest BCUT2D eigenvalue weighted by molar-refractivity contribution is -0.145. The van der Waals surface area contributed by atoms with E-state index in [1.54, 1.807) is 0 Å².